The van der Waals surface area contributed by atoms with Gasteiger partial charge in [0, 0.05) is 0 Å². The van der Waals surface area contributed by atoms with Crippen molar-refractivity contribution < 1.29 is 0 Å². The second-order valence-electron chi connectivity index (χ2n) is 4.43. The van der Waals surface area contributed by atoms with Gasteiger partial charge in [0.05, 0.1) is 0 Å². The Kier molecular flexibility index (Phi) is 3.08. The van der Waals surface area contributed by atoms with Crippen LogP contribution in [0.25, 0.3) is 0 Å². The van der Waals surface area contributed by atoms with Gasteiger partial charge in [-0.2, -0.15) is 0 Å². The van der Waals surface area contributed by atoms with Gasteiger partial charge in [0.2, 0.25) is 0 Å². The van der Waals surface area contributed by atoms with Crippen LogP contribution >= 0.6 is 0 Å². The van der Waals surface area contributed by atoms with Crippen molar-refractivity contribution in [2.45, 2.75) is 51.4 Å². The highest BCUT2D eigenvalue weighted by Crippen LogP contribution is 2.37. The van der Waals surface area contributed by atoms with Gasteiger partial charge in [-0.15, -0.1) is 0 Å². The van der Waals surface area contributed by atoms with Crippen LogP contribution in [0.1, 0.15) is 51.4 Å². The van der Waals surface area contributed by atoms with E-state index in [0.717, 1.165) is 11.8 Å². The zero-order valence-corrected chi connectivity index (χ0v) is 7.97. The maximum absolute atomic E-state index is 2.52. The third-order valence-corrected chi connectivity index (χ3v) is 3.57. The maximum Gasteiger partial charge on any atom is -0.0383 e. The molecule has 2 rings (SSSR count). The standard InChI is InChI=1S/C12H20/c1-3-7-11(8-4-1)12-9-5-2-6-10-12/h3,5,11-12H,1-2,4,6-10H2. The average Bonchev–Trinajstić information content (AvgIpc) is 2.21. The number of rotatable bonds is 1. The lowest BCUT2D eigenvalue weighted by Crippen LogP contribution is -2.20. The van der Waals surface area contributed by atoms with Crippen LogP contribution in [0.4, 0.5) is 0 Å². The molecule has 0 spiro atoms. The molecule has 2 saturated carbocycles. The zero-order valence-electron chi connectivity index (χ0n) is 7.97. The molecule has 2 aliphatic rings. The molecule has 2 radical (unpaired) electrons. The molecule has 2 atom stereocenters. The van der Waals surface area contributed by atoms with Crippen LogP contribution in [-0.4, -0.2) is 0 Å². The van der Waals surface area contributed by atoms with Crippen molar-refractivity contribution in [2.24, 2.45) is 11.8 Å². The highest BCUT2D eigenvalue weighted by atomic mass is 14.3. The fourth-order valence-electron chi connectivity index (χ4n) is 2.80. The minimum absolute atomic E-state index is 1.05. The first kappa shape index (κ1) is 8.59. The van der Waals surface area contributed by atoms with Crippen LogP contribution < -0.4 is 0 Å². The predicted octanol–water partition coefficient (Wildman–Crippen LogP) is 3.78. The topological polar surface area (TPSA) is 0 Å². The predicted molar refractivity (Wildman–Crippen MR) is 52.5 cm³/mol. The van der Waals surface area contributed by atoms with Crippen LogP contribution in [0.2, 0.25) is 0 Å². The summed E-state index contributed by atoms with van der Waals surface area (Å²) in [6, 6.07) is 0. The smallest absolute Gasteiger partial charge is 0.0383 e. The van der Waals surface area contributed by atoms with Crippen molar-refractivity contribution in [2.75, 3.05) is 0 Å². The molecule has 0 aromatic carbocycles. The van der Waals surface area contributed by atoms with E-state index >= 15 is 0 Å². The van der Waals surface area contributed by atoms with E-state index in [1.807, 2.05) is 0 Å². The summed E-state index contributed by atoms with van der Waals surface area (Å²) in [5.74, 6) is 2.10. The normalized spacial score (nSPS) is 29.0. The van der Waals surface area contributed by atoms with Gasteiger partial charge in [-0.25, -0.2) is 0 Å². The molecule has 12 heavy (non-hydrogen) atoms. The van der Waals surface area contributed by atoms with E-state index in [4.69, 9.17) is 0 Å². The monoisotopic (exact) mass is 164 g/mol. The van der Waals surface area contributed by atoms with E-state index < -0.39 is 0 Å². The van der Waals surface area contributed by atoms with Gasteiger partial charge in [-0.05, 0) is 37.5 Å². The highest BCUT2D eigenvalue weighted by Gasteiger charge is 2.24. The second kappa shape index (κ2) is 4.30. The van der Waals surface area contributed by atoms with E-state index in [0.29, 0.717) is 0 Å². The van der Waals surface area contributed by atoms with Gasteiger partial charge >= 0.3 is 0 Å². The van der Waals surface area contributed by atoms with Gasteiger partial charge in [-0.3, -0.25) is 0 Å². The Hall–Kier alpha value is 0. The fraction of sp³-hybridized carbons (Fsp3) is 0.833. The summed E-state index contributed by atoms with van der Waals surface area (Å²) in [5.41, 5.74) is 0. The molecule has 0 heteroatoms. The minimum Gasteiger partial charge on any atom is -0.0528 e. The van der Waals surface area contributed by atoms with Crippen molar-refractivity contribution in [1.29, 1.82) is 0 Å². The molecular formula is C12H20. The molecule has 68 valence electrons. The summed E-state index contributed by atoms with van der Waals surface area (Å²) in [6.45, 7) is 0. The second-order valence-corrected chi connectivity index (χ2v) is 4.43. The molecule has 0 aliphatic heterocycles. The van der Waals surface area contributed by atoms with Crippen LogP contribution in [0, 0.1) is 24.7 Å². The van der Waals surface area contributed by atoms with Crippen molar-refractivity contribution in [3.63, 3.8) is 0 Å². The summed E-state index contributed by atoms with van der Waals surface area (Å²) in [7, 11) is 0. The summed E-state index contributed by atoms with van der Waals surface area (Å²) >= 11 is 0. The third-order valence-electron chi connectivity index (χ3n) is 3.57. The molecule has 2 unspecified atom stereocenters. The van der Waals surface area contributed by atoms with Crippen LogP contribution in [0.15, 0.2) is 0 Å². The Morgan fingerprint density at radius 1 is 0.750 bits per heavy atom. The third kappa shape index (κ3) is 2.02. The van der Waals surface area contributed by atoms with E-state index in [1.54, 1.807) is 0 Å². The molecule has 0 aromatic heterocycles. The molecule has 2 aliphatic carbocycles. The van der Waals surface area contributed by atoms with Gasteiger partial charge in [0.25, 0.3) is 0 Å². The van der Waals surface area contributed by atoms with Gasteiger partial charge in [0.1, 0.15) is 0 Å². The molecule has 0 N–H and O–H groups in total. The molecule has 0 nitrogen and oxygen atoms in total. The van der Waals surface area contributed by atoms with Gasteiger partial charge < -0.3 is 0 Å². The van der Waals surface area contributed by atoms with Crippen molar-refractivity contribution in [1.82, 2.24) is 0 Å². The van der Waals surface area contributed by atoms with Gasteiger partial charge in [0.15, 0.2) is 0 Å². The van der Waals surface area contributed by atoms with E-state index in [-0.39, 0.29) is 0 Å². The lowest BCUT2D eigenvalue weighted by Gasteiger charge is -2.32. The lowest BCUT2D eigenvalue weighted by atomic mass is 9.73. The Morgan fingerprint density at radius 2 is 1.25 bits per heavy atom. The highest BCUT2D eigenvalue weighted by molar-refractivity contribution is 4.87. The molecule has 0 aromatic rings. The summed E-state index contributed by atoms with van der Waals surface area (Å²) in [5, 5.41) is 0. The quantitative estimate of drug-likeness (QED) is 0.553. The Bertz CT molecular complexity index is 100. The first-order chi connectivity index (χ1) is 5.97. The number of hydrogen-bond acceptors (Lipinski definition) is 0. The molecular weight excluding hydrogens is 144 g/mol. The largest absolute Gasteiger partial charge is 0.0528 e. The van der Waals surface area contributed by atoms with Crippen LogP contribution in [0.5, 0.6) is 0 Å². The SMILES string of the molecule is [CH]1CCCC(C2C[CH]CCC2)C1. The Morgan fingerprint density at radius 3 is 1.58 bits per heavy atom. The lowest BCUT2D eigenvalue weighted by molar-refractivity contribution is 0.239. The minimum atomic E-state index is 1.05. The van der Waals surface area contributed by atoms with Crippen LogP contribution in [0.3, 0.4) is 0 Å². The maximum atomic E-state index is 2.52. The first-order valence-corrected chi connectivity index (χ1v) is 5.60. The van der Waals surface area contributed by atoms with E-state index in [9.17, 15) is 0 Å². The molecule has 0 amide bonds. The molecule has 2 fully saturated rings. The zero-order chi connectivity index (χ0) is 8.23. The first-order valence-electron chi connectivity index (χ1n) is 5.60. The molecule has 0 bridgehead atoms. The molecule has 0 saturated heterocycles. The van der Waals surface area contributed by atoms with E-state index in [2.05, 4.69) is 12.8 Å². The summed E-state index contributed by atoms with van der Waals surface area (Å²) in [4.78, 5) is 0. The average molecular weight is 164 g/mol. The van der Waals surface area contributed by atoms with E-state index in [1.165, 1.54) is 51.4 Å². The summed E-state index contributed by atoms with van der Waals surface area (Å²) < 4.78 is 0. The Balaban J connectivity index is 1.80. The fourth-order valence-corrected chi connectivity index (χ4v) is 2.80. The Labute approximate surface area is 76.7 Å². The molecule has 0 heterocycles. The van der Waals surface area contributed by atoms with Gasteiger partial charge in [-0.1, -0.05) is 38.5 Å². The van der Waals surface area contributed by atoms with Crippen molar-refractivity contribution in [3.8, 4) is 0 Å². The van der Waals surface area contributed by atoms with Crippen molar-refractivity contribution in [3.05, 3.63) is 12.8 Å². The number of hydrogen-bond donors (Lipinski definition) is 0. The van der Waals surface area contributed by atoms with Crippen molar-refractivity contribution >= 4 is 0 Å². The van der Waals surface area contributed by atoms with Crippen LogP contribution in [-0.2, 0) is 0 Å². The summed E-state index contributed by atoms with van der Waals surface area (Å²) in [6.07, 6.45) is 16.6.